The molecule has 1 N–H and O–H groups in total. The normalized spacial score (nSPS) is 21.1. The number of sulfone groups is 1. The Balaban J connectivity index is 2.21. The van der Waals surface area contributed by atoms with Gasteiger partial charge in [-0.15, -0.1) is 0 Å². The lowest BCUT2D eigenvalue weighted by Gasteiger charge is -2.38. The molecule has 0 radical (unpaired) electrons. The van der Waals surface area contributed by atoms with E-state index in [1.807, 2.05) is 6.92 Å². The van der Waals surface area contributed by atoms with Crippen LogP contribution < -0.4 is 5.32 Å². The van der Waals surface area contributed by atoms with Gasteiger partial charge in [0.1, 0.15) is 0 Å². The van der Waals surface area contributed by atoms with E-state index >= 15 is 0 Å². The van der Waals surface area contributed by atoms with Crippen molar-refractivity contribution in [1.82, 2.24) is 10.2 Å². The Bertz CT molecular complexity index is 333. The summed E-state index contributed by atoms with van der Waals surface area (Å²) in [6, 6.07) is 0. The molecule has 0 atom stereocenters. The zero-order chi connectivity index (χ0) is 13.6. The van der Waals surface area contributed by atoms with E-state index in [9.17, 15) is 8.42 Å². The molecule has 1 aliphatic rings. The maximum Gasteiger partial charge on any atom is 0.151 e. The van der Waals surface area contributed by atoms with Crippen molar-refractivity contribution in [1.29, 1.82) is 0 Å². The van der Waals surface area contributed by atoms with Crippen LogP contribution in [-0.2, 0) is 9.84 Å². The summed E-state index contributed by atoms with van der Waals surface area (Å²) in [5.41, 5.74) is 0.334. The topological polar surface area (TPSA) is 49.4 Å². The largest absolute Gasteiger partial charge is 0.315 e. The van der Waals surface area contributed by atoms with Gasteiger partial charge in [0.15, 0.2) is 9.84 Å². The molecule has 0 aliphatic carbocycles. The van der Waals surface area contributed by atoms with Crippen LogP contribution in [0.2, 0.25) is 0 Å². The predicted octanol–water partition coefficient (Wildman–Crippen LogP) is 1.13. The average Bonchev–Trinajstić information content (AvgIpc) is 2.29. The summed E-state index contributed by atoms with van der Waals surface area (Å²) in [6.07, 6.45) is 3.10. The van der Waals surface area contributed by atoms with Gasteiger partial charge in [0.05, 0.1) is 5.75 Å². The number of nitrogens with zero attached hydrogens (tertiary/aromatic N) is 1. The molecule has 1 saturated heterocycles. The van der Waals surface area contributed by atoms with Crippen molar-refractivity contribution in [2.24, 2.45) is 5.41 Å². The zero-order valence-electron chi connectivity index (χ0n) is 12.0. The van der Waals surface area contributed by atoms with Crippen LogP contribution in [0.15, 0.2) is 0 Å². The van der Waals surface area contributed by atoms with Crippen LogP contribution in [-0.4, -0.2) is 58.1 Å². The molecule has 1 aliphatic heterocycles. The van der Waals surface area contributed by atoms with E-state index in [2.05, 4.69) is 24.2 Å². The van der Waals surface area contributed by atoms with Gasteiger partial charge in [0.25, 0.3) is 0 Å². The molecule has 0 saturated carbocycles. The maximum absolute atomic E-state index is 11.6. The first kappa shape index (κ1) is 15.9. The molecule has 5 heteroatoms. The summed E-state index contributed by atoms with van der Waals surface area (Å²) < 4.78 is 23.1. The minimum atomic E-state index is -2.83. The van der Waals surface area contributed by atoms with Crippen LogP contribution in [0.5, 0.6) is 0 Å². The number of hydrogen-bond donors (Lipinski definition) is 1. The van der Waals surface area contributed by atoms with Crippen molar-refractivity contribution in [2.75, 3.05) is 44.7 Å². The third-order valence-electron chi connectivity index (χ3n) is 3.85. The van der Waals surface area contributed by atoms with E-state index in [0.717, 1.165) is 19.6 Å². The molecule has 0 aromatic carbocycles. The van der Waals surface area contributed by atoms with Crippen LogP contribution in [0, 0.1) is 5.41 Å². The van der Waals surface area contributed by atoms with Gasteiger partial charge in [0.2, 0.25) is 0 Å². The molecule has 18 heavy (non-hydrogen) atoms. The van der Waals surface area contributed by atoms with E-state index in [0.29, 0.717) is 24.1 Å². The smallest absolute Gasteiger partial charge is 0.151 e. The Labute approximate surface area is 112 Å². The van der Waals surface area contributed by atoms with Crippen LogP contribution in [0.1, 0.15) is 33.1 Å². The van der Waals surface area contributed by atoms with Crippen LogP contribution >= 0.6 is 0 Å². The Morgan fingerprint density at radius 3 is 2.39 bits per heavy atom. The second kappa shape index (κ2) is 6.87. The maximum atomic E-state index is 11.6. The molecule has 0 spiro atoms. The van der Waals surface area contributed by atoms with Gasteiger partial charge in [0, 0.05) is 18.8 Å². The number of piperidine rings is 1. The molecule has 1 rings (SSSR count). The number of hydrogen-bond acceptors (Lipinski definition) is 4. The fraction of sp³-hybridized carbons (Fsp3) is 1.00. The predicted molar refractivity (Wildman–Crippen MR) is 76.7 cm³/mol. The summed E-state index contributed by atoms with van der Waals surface area (Å²) in [5.74, 6) is 0.591. The van der Waals surface area contributed by atoms with Crippen molar-refractivity contribution in [3.63, 3.8) is 0 Å². The van der Waals surface area contributed by atoms with Gasteiger partial charge in [-0.2, -0.15) is 0 Å². The van der Waals surface area contributed by atoms with Gasteiger partial charge in [-0.05, 0) is 44.8 Å². The third-order valence-corrected chi connectivity index (χ3v) is 5.71. The standard InChI is InChI=1S/C13H28N2O2S/c1-4-10-18(16,17)11-7-14-12-13(2)5-8-15(3)9-6-13/h14H,4-12H2,1-3H3. The van der Waals surface area contributed by atoms with Gasteiger partial charge >= 0.3 is 0 Å². The van der Waals surface area contributed by atoms with Gasteiger partial charge in [-0.3, -0.25) is 0 Å². The van der Waals surface area contributed by atoms with Crippen LogP contribution in [0.3, 0.4) is 0 Å². The molecule has 4 nitrogen and oxygen atoms in total. The van der Waals surface area contributed by atoms with Crippen molar-refractivity contribution < 1.29 is 8.42 Å². The zero-order valence-corrected chi connectivity index (χ0v) is 12.9. The summed E-state index contributed by atoms with van der Waals surface area (Å²) in [7, 11) is -0.677. The van der Waals surface area contributed by atoms with Crippen molar-refractivity contribution >= 4 is 9.84 Å². The number of likely N-dealkylation sites (tertiary alicyclic amines) is 1. The van der Waals surface area contributed by atoms with E-state index in [-0.39, 0.29) is 5.75 Å². The van der Waals surface area contributed by atoms with Crippen LogP contribution in [0.4, 0.5) is 0 Å². The highest BCUT2D eigenvalue weighted by atomic mass is 32.2. The summed E-state index contributed by atoms with van der Waals surface area (Å²) >= 11 is 0. The molecule has 1 heterocycles. The quantitative estimate of drug-likeness (QED) is 0.708. The number of nitrogens with one attached hydrogen (secondary N) is 1. The Hall–Kier alpha value is -0.130. The average molecular weight is 276 g/mol. The first-order valence-corrected chi connectivity index (χ1v) is 8.79. The molecule has 0 aromatic heterocycles. The van der Waals surface area contributed by atoms with Gasteiger partial charge in [-0.1, -0.05) is 13.8 Å². The Morgan fingerprint density at radius 2 is 1.83 bits per heavy atom. The second-order valence-corrected chi connectivity index (χ2v) is 8.25. The Morgan fingerprint density at radius 1 is 1.22 bits per heavy atom. The fourth-order valence-corrected chi connectivity index (χ4v) is 3.65. The van der Waals surface area contributed by atoms with E-state index in [1.54, 1.807) is 0 Å². The summed E-state index contributed by atoms with van der Waals surface area (Å²) in [4.78, 5) is 2.35. The minimum Gasteiger partial charge on any atom is -0.315 e. The summed E-state index contributed by atoms with van der Waals surface area (Å²) in [6.45, 7) is 8.02. The van der Waals surface area contributed by atoms with Crippen LogP contribution in [0.25, 0.3) is 0 Å². The molecule has 108 valence electrons. The molecular weight excluding hydrogens is 248 g/mol. The molecular formula is C13H28N2O2S. The molecule has 0 aromatic rings. The highest BCUT2D eigenvalue weighted by Crippen LogP contribution is 2.29. The number of rotatable bonds is 7. The van der Waals surface area contributed by atoms with Crippen molar-refractivity contribution in [2.45, 2.75) is 33.1 Å². The van der Waals surface area contributed by atoms with E-state index in [4.69, 9.17) is 0 Å². The third kappa shape index (κ3) is 5.67. The van der Waals surface area contributed by atoms with Crippen molar-refractivity contribution in [3.05, 3.63) is 0 Å². The fourth-order valence-electron chi connectivity index (χ4n) is 2.37. The Kier molecular flexibility index (Phi) is 6.08. The van der Waals surface area contributed by atoms with E-state index in [1.165, 1.54) is 12.8 Å². The lowest BCUT2D eigenvalue weighted by atomic mass is 9.80. The summed E-state index contributed by atoms with van der Waals surface area (Å²) in [5, 5.41) is 3.33. The lowest BCUT2D eigenvalue weighted by Crippen LogP contribution is -2.42. The molecule has 0 amide bonds. The molecule has 0 unspecified atom stereocenters. The monoisotopic (exact) mass is 276 g/mol. The highest BCUT2D eigenvalue weighted by molar-refractivity contribution is 7.91. The van der Waals surface area contributed by atoms with Crippen molar-refractivity contribution in [3.8, 4) is 0 Å². The first-order valence-electron chi connectivity index (χ1n) is 6.97. The molecule has 0 bridgehead atoms. The van der Waals surface area contributed by atoms with Gasteiger partial charge in [-0.25, -0.2) is 8.42 Å². The first-order chi connectivity index (χ1) is 8.37. The molecule has 1 fully saturated rings. The lowest BCUT2D eigenvalue weighted by molar-refractivity contribution is 0.138. The SMILES string of the molecule is CCCS(=O)(=O)CCNCC1(C)CCN(C)CC1. The van der Waals surface area contributed by atoms with Gasteiger partial charge < -0.3 is 10.2 Å². The van der Waals surface area contributed by atoms with E-state index < -0.39 is 9.84 Å². The second-order valence-electron chi connectivity index (χ2n) is 5.94. The highest BCUT2D eigenvalue weighted by Gasteiger charge is 2.28. The minimum absolute atomic E-state index is 0.275.